The summed E-state index contributed by atoms with van der Waals surface area (Å²) in [7, 11) is 0. The van der Waals surface area contributed by atoms with Gasteiger partial charge < -0.3 is 15.0 Å². The molecule has 2 N–H and O–H groups in total. The van der Waals surface area contributed by atoms with E-state index < -0.39 is 0 Å². The SMILES string of the molecule is CCOc1ccc(/C=C/C(=O)NC(=S)Nc2cccc(C(=O)N3CCC(C)CC3)c2)cc1. The highest BCUT2D eigenvalue weighted by Gasteiger charge is 2.21. The van der Waals surface area contributed by atoms with Crippen LogP contribution in [0.3, 0.4) is 0 Å². The molecule has 1 fully saturated rings. The highest BCUT2D eigenvalue weighted by Crippen LogP contribution is 2.19. The molecule has 168 valence electrons. The van der Waals surface area contributed by atoms with Gasteiger partial charge in [-0.05, 0) is 79.9 Å². The topological polar surface area (TPSA) is 70.7 Å². The van der Waals surface area contributed by atoms with Crippen LogP contribution < -0.4 is 15.4 Å². The maximum absolute atomic E-state index is 12.8. The number of rotatable bonds is 6. The Hall–Kier alpha value is -3.19. The number of hydrogen-bond acceptors (Lipinski definition) is 4. The number of nitrogens with one attached hydrogen (secondary N) is 2. The first-order chi connectivity index (χ1) is 15.4. The van der Waals surface area contributed by atoms with Crippen molar-refractivity contribution in [1.29, 1.82) is 0 Å². The Labute approximate surface area is 194 Å². The molecule has 0 aromatic heterocycles. The lowest BCUT2D eigenvalue weighted by atomic mass is 9.98. The molecule has 32 heavy (non-hydrogen) atoms. The zero-order valence-electron chi connectivity index (χ0n) is 18.5. The van der Waals surface area contributed by atoms with Gasteiger partial charge in [-0.3, -0.25) is 14.9 Å². The lowest BCUT2D eigenvalue weighted by molar-refractivity contribution is -0.115. The largest absolute Gasteiger partial charge is 0.494 e. The van der Waals surface area contributed by atoms with Gasteiger partial charge in [0, 0.05) is 30.4 Å². The lowest BCUT2D eigenvalue weighted by Gasteiger charge is -2.30. The first kappa shape index (κ1) is 23.5. The van der Waals surface area contributed by atoms with E-state index in [0.717, 1.165) is 37.2 Å². The van der Waals surface area contributed by atoms with Crippen molar-refractivity contribution < 1.29 is 14.3 Å². The van der Waals surface area contributed by atoms with Crippen molar-refractivity contribution in [3.8, 4) is 5.75 Å². The minimum Gasteiger partial charge on any atom is -0.494 e. The molecule has 0 atom stereocenters. The molecule has 0 saturated carbocycles. The number of piperidine rings is 1. The minimum atomic E-state index is -0.342. The third-order valence-corrected chi connectivity index (χ3v) is 5.50. The predicted octanol–water partition coefficient (Wildman–Crippen LogP) is 4.48. The number of nitrogens with zero attached hydrogens (tertiary/aromatic N) is 1. The summed E-state index contributed by atoms with van der Waals surface area (Å²) in [6.45, 7) is 6.32. The first-order valence-corrected chi connectivity index (χ1v) is 11.3. The van der Waals surface area contributed by atoms with Crippen molar-refractivity contribution in [2.45, 2.75) is 26.7 Å². The third-order valence-electron chi connectivity index (χ3n) is 5.29. The molecule has 7 heteroatoms. The zero-order chi connectivity index (χ0) is 22.9. The molecule has 2 amide bonds. The monoisotopic (exact) mass is 451 g/mol. The Morgan fingerprint density at radius 1 is 1.16 bits per heavy atom. The van der Waals surface area contributed by atoms with Gasteiger partial charge in [-0.15, -0.1) is 0 Å². The van der Waals surface area contributed by atoms with E-state index >= 15 is 0 Å². The summed E-state index contributed by atoms with van der Waals surface area (Å²) < 4.78 is 5.40. The molecule has 1 saturated heterocycles. The Bertz CT molecular complexity index is 980. The number of ether oxygens (including phenoxy) is 1. The van der Waals surface area contributed by atoms with Crippen molar-refractivity contribution >= 4 is 40.9 Å². The van der Waals surface area contributed by atoms with Crippen LogP contribution >= 0.6 is 12.2 Å². The highest BCUT2D eigenvalue weighted by molar-refractivity contribution is 7.80. The molecule has 3 rings (SSSR count). The van der Waals surface area contributed by atoms with Crippen molar-refractivity contribution in [2.75, 3.05) is 25.0 Å². The van der Waals surface area contributed by atoms with Crippen LogP contribution in [0.1, 0.15) is 42.6 Å². The van der Waals surface area contributed by atoms with Crippen molar-refractivity contribution in [3.63, 3.8) is 0 Å². The number of thiocarbonyl (C=S) groups is 1. The van der Waals surface area contributed by atoms with E-state index in [1.807, 2.05) is 42.2 Å². The number of carbonyl (C=O) groups is 2. The van der Waals surface area contributed by atoms with Crippen LogP contribution in [-0.4, -0.2) is 41.5 Å². The number of carbonyl (C=O) groups excluding carboxylic acids is 2. The van der Waals surface area contributed by atoms with E-state index in [1.54, 1.807) is 24.3 Å². The van der Waals surface area contributed by atoms with Gasteiger partial charge in [-0.25, -0.2) is 0 Å². The Kier molecular flexibility index (Phi) is 8.39. The molecule has 0 radical (unpaired) electrons. The molecular weight excluding hydrogens is 422 g/mol. The molecule has 0 bridgehead atoms. The maximum Gasteiger partial charge on any atom is 0.253 e. The smallest absolute Gasteiger partial charge is 0.253 e. The fourth-order valence-electron chi connectivity index (χ4n) is 3.45. The van der Waals surface area contributed by atoms with Crippen LogP contribution in [-0.2, 0) is 4.79 Å². The molecule has 0 spiro atoms. The van der Waals surface area contributed by atoms with Crippen LogP contribution in [0.2, 0.25) is 0 Å². The highest BCUT2D eigenvalue weighted by atomic mass is 32.1. The Balaban J connectivity index is 1.52. The van der Waals surface area contributed by atoms with Gasteiger partial charge in [-0.2, -0.15) is 0 Å². The van der Waals surface area contributed by atoms with Gasteiger partial charge in [0.1, 0.15) is 5.75 Å². The van der Waals surface area contributed by atoms with Gasteiger partial charge in [0.25, 0.3) is 5.91 Å². The molecule has 1 heterocycles. The van der Waals surface area contributed by atoms with Crippen LogP contribution in [0.15, 0.2) is 54.6 Å². The summed E-state index contributed by atoms with van der Waals surface area (Å²) in [6.07, 6.45) is 5.18. The molecular formula is C25H29N3O3S. The van der Waals surface area contributed by atoms with E-state index in [4.69, 9.17) is 17.0 Å². The summed E-state index contributed by atoms with van der Waals surface area (Å²) in [6, 6.07) is 14.6. The van der Waals surface area contributed by atoms with E-state index in [2.05, 4.69) is 17.6 Å². The predicted molar refractivity (Wildman–Crippen MR) is 132 cm³/mol. The fraction of sp³-hybridized carbons (Fsp3) is 0.320. The number of amides is 2. The number of anilines is 1. The van der Waals surface area contributed by atoms with Gasteiger partial charge >= 0.3 is 0 Å². The molecule has 2 aromatic rings. The van der Waals surface area contributed by atoms with Gasteiger partial charge in [0.2, 0.25) is 5.91 Å². The molecule has 2 aromatic carbocycles. The first-order valence-electron chi connectivity index (χ1n) is 10.9. The number of benzene rings is 2. The van der Waals surface area contributed by atoms with Gasteiger partial charge in [0.05, 0.1) is 6.61 Å². The van der Waals surface area contributed by atoms with Crippen molar-refractivity contribution in [2.24, 2.45) is 5.92 Å². The summed E-state index contributed by atoms with van der Waals surface area (Å²) >= 11 is 5.25. The van der Waals surface area contributed by atoms with Crippen molar-refractivity contribution in [1.82, 2.24) is 10.2 Å². The van der Waals surface area contributed by atoms with E-state index in [9.17, 15) is 9.59 Å². The average Bonchev–Trinajstić information content (AvgIpc) is 2.79. The molecule has 6 nitrogen and oxygen atoms in total. The summed E-state index contributed by atoms with van der Waals surface area (Å²) in [5, 5.41) is 5.77. The maximum atomic E-state index is 12.8. The number of likely N-dealkylation sites (tertiary alicyclic amines) is 1. The summed E-state index contributed by atoms with van der Waals surface area (Å²) in [5.74, 6) is 1.13. The standard InChI is InChI=1S/C25H29N3O3S/c1-3-31-22-10-7-19(8-11-22)9-12-23(29)27-25(32)26-21-6-4-5-20(17-21)24(30)28-15-13-18(2)14-16-28/h4-12,17-18H,3,13-16H2,1-2H3,(H2,26,27,29,32)/b12-9+. The molecule has 0 unspecified atom stereocenters. The summed E-state index contributed by atoms with van der Waals surface area (Å²) in [5.41, 5.74) is 2.14. The second kappa shape index (κ2) is 11.4. The van der Waals surface area contributed by atoms with Gasteiger partial charge in [0.15, 0.2) is 5.11 Å². The van der Waals surface area contributed by atoms with E-state index in [1.165, 1.54) is 6.08 Å². The Morgan fingerprint density at radius 2 is 1.88 bits per heavy atom. The molecule has 1 aliphatic rings. The molecule has 1 aliphatic heterocycles. The Morgan fingerprint density at radius 3 is 2.56 bits per heavy atom. The van der Waals surface area contributed by atoms with E-state index in [0.29, 0.717) is 23.8 Å². The second-order valence-corrected chi connectivity index (χ2v) is 8.24. The quantitative estimate of drug-likeness (QED) is 0.500. The van der Waals surface area contributed by atoms with Crippen molar-refractivity contribution in [3.05, 3.63) is 65.7 Å². The number of hydrogen-bond donors (Lipinski definition) is 2. The minimum absolute atomic E-state index is 0.0220. The average molecular weight is 452 g/mol. The van der Waals surface area contributed by atoms with Crippen LogP contribution in [0.25, 0.3) is 6.08 Å². The molecule has 0 aliphatic carbocycles. The zero-order valence-corrected chi connectivity index (χ0v) is 19.3. The van der Waals surface area contributed by atoms with Crippen LogP contribution in [0.5, 0.6) is 5.75 Å². The van der Waals surface area contributed by atoms with Crippen LogP contribution in [0.4, 0.5) is 5.69 Å². The van der Waals surface area contributed by atoms with Crippen LogP contribution in [0, 0.1) is 5.92 Å². The second-order valence-electron chi connectivity index (χ2n) is 7.83. The fourth-order valence-corrected chi connectivity index (χ4v) is 3.67. The summed E-state index contributed by atoms with van der Waals surface area (Å²) in [4.78, 5) is 26.9. The van der Waals surface area contributed by atoms with Gasteiger partial charge in [-0.1, -0.05) is 25.1 Å². The normalized spacial score (nSPS) is 14.2. The van der Waals surface area contributed by atoms with E-state index in [-0.39, 0.29) is 16.9 Å². The third kappa shape index (κ3) is 6.92. The lowest BCUT2D eigenvalue weighted by Crippen LogP contribution is -2.38.